The Hall–Kier alpha value is -1.08. The van der Waals surface area contributed by atoms with E-state index >= 15 is 0 Å². The molecule has 1 atom stereocenters. The largest absolute Gasteiger partial charge is 0.295 e. The maximum atomic E-state index is 2.68. The van der Waals surface area contributed by atoms with Crippen molar-refractivity contribution in [1.29, 1.82) is 0 Å². The molecule has 0 aliphatic heterocycles. The molecular formula is C31H55N. The van der Waals surface area contributed by atoms with Crippen molar-refractivity contribution in [2.45, 2.75) is 137 Å². The normalized spacial score (nSPS) is 18.5. The van der Waals surface area contributed by atoms with Gasteiger partial charge in [0.25, 0.3) is 0 Å². The average Bonchev–Trinajstić information content (AvgIpc) is 3.06. The SMILES string of the molecule is CCC.CCCCCCCCC1=CC(C(C)C)(C(C)(C)N(C)C(C)(C)C)c2ccccc21. The number of fused-ring (bicyclic) bond motifs is 1. The van der Waals surface area contributed by atoms with E-state index in [0.717, 1.165) is 0 Å². The third kappa shape index (κ3) is 6.28. The third-order valence-electron chi connectivity index (χ3n) is 7.69. The standard InChI is InChI=1S/C28H47N.C3H8/c1-10-11-12-13-14-15-18-23-21-28(22(2)3,25-20-17-16-19-24(23)25)27(7,8)29(9)26(4,5)6;1-3-2/h16-17,19-22H,10-15,18H2,1-9H3;3H2,1-2H3. The highest BCUT2D eigenvalue weighted by atomic mass is 15.2. The molecule has 0 radical (unpaired) electrons. The predicted molar refractivity (Wildman–Crippen MR) is 146 cm³/mol. The molecule has 0 saturated carbocycles. The van der Waals surface area contributed by atoms with Gasteiger partial charge in [-0.3, -0.25) is 4.90 Å². The first-order valence-corrected chi connectivity index (χ1v) is 13.5. The molecule has 0 heterocycles. The Morgan fingerprint density at radius 3 is 1.91 bits per heavy atom. The first-order valence-electron chi connectivity index (χ1n) is 13.5. The molecule has 0 spiro atoms. The second kappa shape index (κ2) is 12.4. The Labute approximate surface area is 202 Å². The van der Waals surface area contributed by atoms with Gasteiger partial charge in [-0.2, -0.15) is 0 Å². The van der Waals surface area contributed by atoms with E-state index in [0.29, 0.717) is 5.92 Å². The Kier molecular flexibility index (Phi) is 11.2. The average molecular weight is 442 g/mol. The Morgan fingerprint density at radius 1 is 0.844 bits per heavy atom. The molecule has 1 aromatic rings. The van der Waals surface area contributed by atoms with E-state index in [1.807, 2.05) is 0 Å². The zero-order valence-corrected chi connectivity index (χ0v) is 23.6. The quantitative estimate of drug-likeness (QED) is 0.327. The van der Waals surface area contributed by atoms with Crippen molar-refractivity contribution >= 4 is 5.57 Å². The molecule has 0 N–H and O–H groups in total. The lowest BCUT2D eigenvalue weighted by molar-refractivity contribution is -0.00307. The number of benzene rings is 1. The fourth-order valence-electron chi connectivity index (χ4n) is 5.66. The minimum Gasteiger partial charge on any atom is -0.295 e. The summed E-state index contributed by atoms with van der Waals surface area (Å²) in [5.41, 5.74) is 4.79. The van der Waals surface area contributed by atoms with Crippen LogP contribution in [0.15, 0.2) is 30.3 Å². The van der Waals surface area contributed by atoms with Crippen molar-refractivity contribution < 1.29 is 0 Å². The summed E-state index contributed by atoms with van der Waals surface area (Å²) in [5, 5.41) is 0. The van der Waals surface area contributed by atoms with Gasteiger partial charge < -0.3 is 0 Å². The van der Waals surface area contributed by atoms with Crippen LogP contribution in [0, 0.1) is 5.92 Å². The zero-order chi connectivity index (χ0) is 24.6. The molecule has 1 aliphatic carbocycles. The van der Waals surface area contributed by atoms with Gasteiger partial charge >= 0.3 is 0 Å². The van der Waals surface area contributed by atoms with Crippen molar-refractivity contribution in [3.8, 4) is 0 Å². The number of unbranched alkanes of at least 4 members (excludes halogenated alkanes) is 5. The summed E-state index contributed by atoms with van der Waals surface area (Å²) in [6.45, 7) is 23.3. The van der Waals surface area contributed by atoms with Crippen LogP contribution < -0.4 is 0 Å². The van der Waals surface area contributed by atoms with Crippen LogP contribution in [0.5, 0.6) is 0 Å². The van der Waals surface area contributed by atoms with E-state index in [2.05, 4.69) is 112 Å². The number of allylic oxidation sites excluding steroid dienone is 1. The number of nitrogens with zero attached hydrogens (tertiary/aromatic N) is 1. The lowest BCUT2D eigenvalue weighted by atomic mass is 9.60. The smallest absolute Gasteiger partial charge is 0.0346 e. The fourth-order valence-corrected chi connectivity index (χ4v) is 5.66. The molecule has 0 saturated heterocycles. The summed E-state index contributed by atoms with van der Waals surface area (Å²) in [4.78, 5) is 2.60. The fraction of sp³-hybridized carbons (Fsp3) is 0.742. The van der Waals surface area contributed by atoms with Crippen molar-refractivity contribution in [3.05, 3.63) is 41.5 Å². The maximum absolute atomic E-state index is 2.68. The first-order chi connectivity index (χ1) is 14.9. The van der Waals surface area contributed by atoms with E-state index in [-0.39, 0.29) is 16.5 Å². The Balaban J connectivity index is 0.00000161. The topological polar surface area (TPSA) is 3.24 Å². The van der Waals surface area contributed by atoms with Gasteiger partial charge in [0.05, 0.1) is 0 Å². The minimum atomic E-state index is 0.0123. The summed E-state index contributed by atoms with van der Waals surface area (Å²) in [5.74, 6) is 0.533. The van der Waals surface area contributed by atoms with Gasteiger partial charge in [-0.1, -0.05) is 103 Å². The summed E-state index contributed by atoms with van der Waals surface area (Å²) in [6, 6.07) is 9.24. The minimum absolute atomic E-state index is 0.0123. The van der Waals surface area contributed by atoms with Crippen molar-refractivity contribution in [2.75, 3.05) is 7.05 Å². The summed E-state index contributed by atoms with van der Waals surface area (Å²) in [7, 11) is 2.31. The van der Waals surface area contributed by atoms with Crippen molar-refractivity contribution in [1.82, 2.24) is 4.90 Å². The molecule has 1 aromatic carbocycles. The number of hydrogen-bond donors (Lipinski definition) is 0. The molecule has 1 nitrogen and oxygen atoms in total. The highest BCUT2D eigenvalue weighted by Crippen LogP contribution is 2.55. The van der Waals surface area contributed by atoms with Gasteiger partial charge in [0.15, 0.2) is 0 Å². The van der Waals surface area contributed by atoms with Gasteiger partial charge in [0, 0.05) is 16.5 Å². The number of rotatable bonds is 10. The van der Waals surface area contributed by atoms with Crippen LogP contribution in [0.25, 0.3) is 5.57 Å². The molecule has 0 fully saturated rings. The number of hydrogen-bond acceptors (Lipinski definition) is 1. The van der Waals surface area contributed by atoms with E-state index in [1.165, 1.54) is 62.5 Å². The van der Waals surface area contributed by atoms with Crippen molar-refractivity contribution in [3.63, 3.8) is 0 Å². The summed E-state index contributed by atoms with van der Waals surface area (Å²) in [6.07, 6.45) is 13.3. The van der Waals surface area contributed by atoms with E-state index < -0.39 is 0 Å². The van der Waals surface area contributed by atoms with Crippen LogP contribution in [-0.2, 0) is 5.41 Å². The van der Waals surface area contributed by atoms with Crippen LogP contribution in [0.2, 0.25) is 0 Å². The number of likely N-dealkylation sites (N-methyl/N-ethyl adjacent to an activating group) is 1. The highest BCUT2D eigenvalue weighted by molar-refractivity contribution is 5.78. The molecule has 1 heteroatoms. The maximum Gasteiger partial charge on any atom is 0.0346 e. The van der Waals surface area contributed by atoms with E-state index in [9.17, 15) is 0 Å². The summed E-state index contributed by atoms with van der Waals surface area (Å²) < 4.78 is 0. The van der Waals surface area contributed by atoms with Crippen LogP contribution in [0.3, 0.4) is 0 Å². The molecule has 1 unspecified atom stereocenters. The van der Waals surface area contributed by atoms with Crippen molar-refractivity contribution in [2.24, 2.45) is 5.92 Å². The molecule has 0 amide bonds. The Morgan fingerprint density at radius 2 is 1.38 bits per heavy atom. The molecular weight excluding hydrogens is 386 g/mol. The molecule has 2 rings (SSSR count). The van der Waals surface area contributed by atoms with Crippen LogP contribution in [0.4, 0.5) is 0 Å². The summed E-state index contributed by atoms with van der Waals surface area (Å²) >= 11 is 0. The van der Waals surface area contributed by atoms with Crippen LogP contribution in [-0.4, -0.2) is 23.0 Å². The lowest BCUT2D eigenvalue weighted by Crippen LogP contribution is -2.63. The molecule has 1 aliphatic rings. The van der Waals surface area contributed by atoms with Crippen LogP contribution in [0.1, 0.15) is 132 Å². The van der Waals surface area contributed by atoms with Crippen LogP contribution >= 0.6 is 0 Å². The second-order valence-electron chi connectivity index (χ2n) is 11.8. The monoisotopic (exact) mass is 441 g/mol. The molecule has 184 valence electrons. The molecule has 32 heavy (non-hydrogen) atoms. The van der Waals surface area contributed by atoms with Gasteiger partial charge in [0.2, 0.25) is 0 Å². The third-order valence-corrected chi connectivity index (χ3v) is 7.69. The predicted octanol–water partition coefficient (Wildman–Crippen LogP) is 9.65. The molecule has 0 aromatic heterocycles. The second-order valence-corrected chi connectivity index (χ2v) is 11.8. The zero-order valence-electron chi connectivity index (χ0n) is 23.6. The molecule has 0 bridgehead atoms. The first kappa shape index (κ1) is 29.0. The van der Waals surface area contributed by atoms with Gasteiger partial charge in [-0.25, -0.2) is 0 Å². The Bertz CT molecular complexity index is 703. The lowest BCUT2D eigenvalue weighted by Gasteiger charge is -2.56. The van der Waals surface area contributed by atoms with Gasteiger partial charge in [-0.05, 0) is 77.1 Å². The van der Waals surface area contributed by atoms with E-state index in [4.69, 9.17) is 0 Å². The van der Waals surface area contributed by atoms with E-state index in [1.54, 1.807) is 5.57 Å². The highest BCUT2D eigenvalue weighted by Gasteiger charge is 2.54. The van der Waals surface area contributed by atoms with Gasteiger partial charge in [0.1, 0.15) is 0 Å². The van der Waals surface area contributed by atoms with Gasteiger partial charge in [-0.15, -0.1) is 0 Å².